The molecule has 36 heavy (non-hydrogen) atoms. The summed E-state index contributed by atoms with van der Waals surface area (Å²) in [5.74, 6) is -0.719. The summed E-state index contributed by atoms with van der Waals surface area (Å²) in [5.41, 5.74) is 1.34. The average molecular weight is 658 g/mol. The van der Waals surface area contributed by atoms with Gasteiger partial charge in [-0.1, -0.05) is 46.9 Å². The molecular formula is C25H16Cl3IN2O5. The molecule has 1 fully saturated rings. The fraction of sp³-hybridized carbons (Fsp3) is 0.0800. The maximum absolute atomic E-state index is 13.2. The first-order valence-electron chi connectivity index (χ1n) is 10.3. The van der Waals surface area contributed by atoms with Gasteiger partial charge in [0.05, 0.1) is 26.4 Å². The highest BCUT2D eigenvalue weighted by atomic mass is 127. The van der Waals surface area contributed by atoms with Crippen LogP contribution in [0.1, 0.15) is 11.1 Å². The molecule has 0 atom stereocenters. The predicted molar refractivity (Wildman–Crippen MR) is 147 cm³/mol. The zero-order chi connectivity index (χ0) is 26.0. The normalized spacial score (nSPS) is 14.8. The summed E-state index contributed by atoms with van der Waals surface area (Å²) >= 11 is 20.0. The zero-order valence-corrected chi connectivity index (χ0v) is 22.9. The Bertz CT molecular complexity index is 1410. The summed E-state index contributed by atoms with van der Waals surface area (Å²) in [7, 11) is 1.49. The van der Waals surface area contributed by atoms with Crippen molar-refractivity contribution in [3.63, 3.8) is 0 Å². The van der Waals surface area contributed by atoms with Gasteiger partial charge in [-0.15, -0.1) is 0 Å². The highest BCUT2D eigenvalue weighted by Gasteiger charge is 2.37. The molecule has 0 spiro atoms. The Balaban J connectivity index is 1.64. The zero-order valence-electron chi connectivity index (χ0n) is 18.5. The number of imide groups is 2. The molecule has 0 bridgehead atoms. The number of anilines is 1. The molecule has 0 unspecified atom stereocenters. The lowest BCUT2D eigenvalue weighted by molar-refractivity contribution is -0.122. The maximum atomic E-state index is 13.2. The Morgan fingerprint density at radius 2 is 1.69 bits per heavy atom. The van der Waals surface area contributed by atoms with E-state index in [1.54, 1.807) is 24.3 Å². The van der Waals surface area contributed by atoms with Crippen molar-refractivity contribution in [2.75, 3.05) is 12.0 Å². The van der Waals surface area contributed by atoms with E-state index >= 15 is 0 Å². The monoisotopic (exact) mass is 656 g/mol. The van der Waals surface area contributed by atoms with Gasteiger partial charge in [-0.3, -0.25) is 14.9 Å². The average Bonchev–Trinajstić information content (AvgIpc) is 2.84. The Morgan fingerprint density at radius 3 is 2.36 bits per heavy atom. The van der Waals surface area contributed by atoms with Crippen LogP contribution in [0.3, 0.4) is 0 Å². The Hall–Kier alpha value is -2.79. The Morgan fingerprint density at radius 1 is 0.972 bits per heavy atom. The SMILES string of the molecule is COc1cc(/C=C2\C(=O)NC(=O)N(c3ccc(Cl)c(Cl)c3)C2=O)cc(I)c1OCc1ccc(Cl)cc1. The molecule has 7 nitrogen and oxygen atoms in total. The number of ether oxygens (including phenoxy) is 2. The number of hydrogen-bond acceptors (Lipinski definition) is 5. The number of hydrogen-bond donors (Lipinski definition) is 1. The van der Waals surface area contributed by atoms with E-state index in [0.29, 0.717) is 25.7 Å². The number of carbonyl (C=O) groups is 3. The molecule has 1 aliphatic heterocycles. The van der Waals surface area contributed by atoms with E-state index in [1.807, 2.05) is 12.1 Å². The number of urea groups is 1. The highest BCUT2D eigenvalue weighted by molar-refractivity contribution is 14.1. The Labute approximate surface area is 235 Å². The molecule has 1 aliphatic rings. The first kappa shape index (κ1) is 26.3. The summed E-state index contributed by atoms with van der Waals surface area (Å²) in [6, 6.07) is 14.0. The molecule has 1 heterocycles. The number of amides is 4. The fourth-order valence-corrected chi connectivity index (χ4v) is 4.58. The molecule has 3 aromatic rings. The topological polar surface area (TPSA) is 84.9 Å². The lowest BCUT2D eigenvalue weighted by atomic mass is 10.1. The van der Waals surface area contributed by atoms with Crippen LogP contribution in [0.2, 0.25) is 15.1 Å². The standard InChI is InChI=1S/C25H16Cl3IN2O5/c1-35-21-10-14(9-20(29)22(21)36-12-13-2-4-15(26)5-3-13)8-17-23(32)30-25(34)31(24(17)33)16-6-7-18(27)19(28)11-16/h2-11H,12H2,1H3,(H,30,32,34)/b17-8+. The Kier molecular flexibility index (Phi) is 8.09. The molecule has 0 saturated carbocycles. The van der Waals surface area contributed by atoms with Gasteiger partial charge in [-0.2, -0.15) is 0 Å². The summed E-state index contributed by atoms with van der Waals surface area (Å²) in [6.45, 7) is 0.283. The number of carbonyl (C=O) groups excluding carboxylic acids is 3. The molecule has 0 aromatic heterocycles. The minimum Gasteiger partial charge on any atom is -0.493 e. The van der Waals surface area contributed by atoms with Gasteiger partial charge in [0.15, 0.2) is 11.5 Å². The van der Waals surface area contributed by atoms with Crippen LogP contribution in [-0.2, 0) is 16.2 Å². The molecule has 184 valence electrons. The van der Waals surface area contributed by atoms with E-state index < -0.39 is 17.8 Å². The molecule has 1 saturated heterocycles. The van der Waals surface area contributed by atoms with Gasteiger partial charge in [0.1, 0.15) is 12.2 Å². The van der Waals surface area contributed by atoms with Crippen LogP contribution in [0.25, 0.3) is 6.08 Å². The van der Waals surface area contributed by atoms with E-state index in [9.17, 15) is 14.4 Å². The summed E-state index contributed by atoms with van der Waals surface area (Å²) < 4.78 is 12.1. The number of halogens is 4. The molecule has 0 radical (unpaired) electrons. The van der Waals surface area contributed by atoms with Crippen LogP contribution in [0.4, 0.5) is 10.5 Å². The van der Waals surface area contributed by atoms with Gasteiger partial charge in [-0.25, -0.2) is 9.69 Å². The van der Waals surface area contributed by atoms with Crippen molar-refractivity contribution in [2.45, 2.75) is 6.61 Å². The van der Waals surface area contributed by atoms with Gasteiger partial charge in [0.25, 0.3) is 11.8 Å². The van der Waals surface area contributed by atoms with Crippen LogP contribution < -0.4 is 19.7 Å². The summed E-state index contributed by atoms with van der Waals surface area (Å²) in [5, 5.41) is 3.22. The minimum atomic E-state index is -0.890. The molecular weight excluding hydrogens is 642 g/mol. The third kappa shape index (κ3) is 5.62. The van der Waals surface area contributed by atoms with Gasteiger partial charge < -0.3 is 9.47 Å². The second-order valence-electron chi connectivity index (χ2n) is 7.51. The van der Waals surface area contributed by atoms with Crippen LogP contribution in [0, 0.1) is 3.57 Å². The van der Waals surface area contributed by atoms with Crippen LogP contribution >= 0.6 is 57.4 Å². The smallest absolute Gasteiger partial charge is 0.335 e. The number of nitrogens with zero attached hydrogens (tertiary/aromatic N) is 1. The second kappa shape index (κ2) is 11.1. The first-order valence-corrected chi connectivity index (χ1v) is 12.5. The van der Waals surface area contributed by atoms with E-state index in [2.05, 4.69) is 27.9 Å². The molecule has 1 N–H and O–H groups in total. The van der Waals surface area contributed by atoms with Gasteiger partial charge >= 0.3 is 6.03 Å². The van der Waals surface area contributed by atoms with Crippen molar-refractivity contribution in [1.82, 2.24) is 5.32 Å². The van der Waals surface area contributed by atoms with Crippen molar-refractivity contribution in [3.05, 3.63) is 89.9 Å². The van der Waals surface area contributed by atoms with Gasteiger partial charge in [0.2, 0.25) is 0 Å². The number of nitrogens with one attached hydrogen (secondary N) is 1. The summed E-state index contributed by atoms with van der Waals surface area (Å²) in [4.78, 5) is 39.0. The molecule has 0 aliphatic carbocycles. The summed E-state index contributed by atoms with van der Waals surface area (Å²) in [6.07, 6.45) is 1.38. The van der Waals surface area contributed by atoms with E-state index in [0.717, 1.165) is 10.5 Å². The minimum absolute atomic E-state index is 0.158. The number of rotatable bonds is 6. The molecule has 3 aromatic carbocycles. The van der Waals surface area contributed by atoms with E-state index in [1.165, 1.54) is 31.4 Å². The van der Waals surface area contributed by atoms with Crippen molar-refractivity contribution in [2.24, 2.45) is 0 Å². The van der Waals surface area contributed by atoms with E-state index in [-0.39, 0.29) is 27.9 Å². The van der Waals surface area contributed by atoms with Crippen molar-refractivity contribution >= 4 is 87.0 Å². The van der Waals surface area contributed by atoms with Crippen molar-refractivity contribution < 1.29 is 23.9 Å². The lowest BCUT2D eigenvalue weighted by Crippen LogP contribution is -2.54. The predicted octanol–water partition coefficient (Wildman–Crippen LogP) is 6.51. The van der Waals surface area contributed by atoms with Crippen molar-refractivity contribution in [3.8, 4) is 11.5 Å². The third-order valence-electron chi connectivity index (χ3n) is 5.12. The van der Waals surface area contributed by atoms with E-state index in [4.69, 9.17) is 44.3 Å². The van der Waals surface area contributed by atoms with Crippen LogP contribution in [0.5, 0.6) is 11.5 Å². The maximum Gasteiger partial charge on any atom is 0.335 e. The van der Waals surface area contributed by atoms with Gasteiger partial charge in [0, 0.05) is 5.02 Å². The van der Waals surface area contributed by atoms with Crippen LogP contribution in [0.15, 0.2) is 60.2 Å². The van der Waals surface area contributed by atoms with Gasteiger partial charge in [-0.05, 0) is 82.3 Å². The first-order chi connectivity index (χ1) is 17.2. The number of barbiturate groups is 1. The lowest BCUT2D eigenvalue weighted by Gasteiger charge is -2.26. The quantitative estimate of drug-likeness (QED) is 0.186. The molecule has 4 rings (SSSR count). The van der Waals surface area contributed by atoms with Crippen LogP contribution in [-0.4, -0.2) is 25.0 Å². The largest absolute Gasteiger partial charge is 0.493 e. The number of benzene rings is 3. The molecule has 11 heteroatoms. The number of methoxy groups -OCH3 is 1. The highest BCUT2D eigenvalue weighted by Crippen LogP contribution is 2.36. The third-order valence-corrected chi connectivity index (χ3v) is 6.91. The van der Waals surface area contributed by atoms with Crippen molar-refractivity contribution in [1.29, 1.82) is 0 Å². The second-order valence-corrected chi connectivity index (χ2v) is 9.92. The fourth-order valence-electron chi connectivity index (χ4n) is 3.38. The molecule has 4 amide bonds.